The Morgan fingerprint density at radius 3 is 2.38 bits per heavy atom. The number of rotatable bonds is 8. The summed E-state index contributed by atoms with van der Waals surface area (Å²) in [4.78, 5) is 0. The molecule has 0 spiro atoms. The van der Waals surface area contributed by atoms with Crippen molar-refractivity contribution >= 4 is 0 Å². The Morgan fingerprint density at radius 2 is 1.85 bits per heavy atom. The van der Waals surface area contributed by atoms with Gasteiger partial charge in [-0.25, -0.2) is 0 Å². The van der Waals surface area contributed by atoms with Gasteiger partial charge in [-0.05, 0) is 13.8 Å². The maximum Gasteiger partial charge on any atom is 0.0703 e. The van der Waals surface area contributed by atoms with Crippen LogP contribution in [0.15, 0.2) is 0 Å². The van der Waals surface area contributed by atoms with Gasteiger partial charge >= 0.3 is 0 Å². The zero-order chi connectivity index (χ0) is 10.1. The molecule has 80 valence electrons. The fraction of sp³-hybridized carbons (Fsp3) is 1.00. The number of hydrogen-bond acceptors (Lipinski definition) is 4. The Hall–Kier alpha value is -0.160. The largest absolute Gasteiger partial charge is 0.383 e. The van der Waals surface area contributed by atoms with Crippen molar-refractivity contribution in [3.63, 3.8) is 0 Å². The van der Waals surface area contributed by atoms with Crippen molar-refractivity contribution in [3.8, 4) is 0 Å². The van der Waals surface area contributed by atoms with Gasteiger partial charge in [0.15, 0.2) is 0 Å². The Bertz CT molecular complexity index is 109. The molecular weight excluding hydrogens is 170 g/mol. The molecule has 0 aromatic heterocycles. The van der Waals surface area contributed by atoms with E-state index >= 15 is 0 Å². The molecule has 0 saturated heterocycles. The van der Waals surface area contributed by atoms with Crippen LogP contribution < -0.4 is 5.73 Å². The van der Waals surface area contributed by atoms with Crippen LogP contribution in [0.4, 0.5) is 0 Å². The smallest absolute Gasteiger partial charge is 0.0703 e. The third-order valence-electron chi connectivity index (χ3n) is 1.39. The molecule has 1 unspecified atom stereocenters. The van der Waals surface area contributed by atoms with Crippen molar-refractivity contribution in [2.24, 2.45) is 5.73 Å². The van der Waals surface area contributed by atoms with Gasteiger partial charge < -0.3 is 19.9 Å². The van der Waals surface area contributed by atoms with Crippen molar-refractivity contribution in [3.05, 3.63) is 0 Å². The first-order chi connectivity index (χ1) is 6.16. The van der Waals surface area contributed by atoms with Crippen LogP contribution >= 0.6 is 0 Å². The van der Waals surface area contributed by atoms with Gasteiger partial charge in [-0.3, -0.25) is 0 Å². The zero-order valence-electron chi connectivity index (χ0n) is 8.79. The first-order valence-corrected chi connectivity index (χ1v) is 4.60. The maximum absolute atomic E-state index is 5.64. The average Bonchev–Trinajstić information content (AvgIpc) is 2.03. The van der Waals surface area contributed by atoms with Crippen molar-refractivity contribution < 1.29 is 14.2 Å². The van der Waals surface area contributed by atoms with Gasteiger partial charge in [-0.15, -0.1) is 0 Å². The highest BCUT2D eigenvalue weighted by atomic mass is 16.5. The van der Waals surface area contributed by atoms with E-state index < -0.39 is 0 Å². The van der Waals surface area contributed by atoms with Crippen LogP contribution in [0.3, 0.4) is 0 Å². The van der Waals surface area contributed by atoms with Crippen LogP contribution in [0, 0.1) is 0 Å². The number of methoxy groups -OCH3 is 1. The van der Waals surface area contributed by atoms with E-state index in [-0.39, 0.29) is 12.1 Å². The first kappa shape index (κ1) is 12.8. The minimum atomic E-state index is -0.0379. The molecule has 0 aromatic rings. The van der Waals surface area contributed by atoms with Gasteiger partial charge in [-0.1, -0.05) is 0 Å². The molecule has 0 radical (unpaired) electrons. The van der Waals surface area contributed by atoms with E-state index in [0.717, 1.165) is 0 Å². The van der Waals surface area contributed by atoms with E-state index in [9.17, 15) is 0 Å². The van der Waals surface area contributed by atoms with Crippen molar-refractivity contribution in [2.45, 2.75) is 26.0 Å². The summed E-state index contributed by atoms with van der Waals surface area (Å²) >= 11 is 0. The molecule has 0 aliphatic carbocycles. The van der Waals surface area contributed by atoms with Gasteiger partial charge in [0.25, 0.3) is 0 Å². The van der Waals surface area contributed by atoms with Crippen molar-refractivity contribution in [1.29, 1.82) is 0 Å². The lowest BCUT2D eigenvalue weighted by molar-refractivity contribution is 0.0107. The molecule has 0 aliphatic heterocycles. The second-order valence-corrected chi connectivity index (χ2v) is 3.21. The van der Waals surface area contributed by atoms with Crippen LogP contribution in [0.5, 0.6) is 0 Å². The molecule has 0 heterocycles. The third kappa shape index (κ3) is 9.76. The summed E-state index contributed by atoms with van der Waals surface area (Å²) in [6.45, 7) is 6.26. The van der Waals surface area contributed by atoms with Crippen LogP contribution in [0.1, 0.15) is 13.8 Å². The number of hydrogen-bond donors (Lipinski definition) is 1. The Kier molecular flexibility index (Phi) is 8.33. The van der Waals surface area contributed by atoms with Crippen LogP contribution in [-0.2, 0) is 14.2 Å². The number of nitrogens with two attached hydrogens (primary N) is 1. The average molecular weight is 191 g/mol. The summed E-state index contributed by atoms with van der Waals surface area (Å²) in [6.07, 6.45) is 0.260. The quantitative estimate of drug-likeness (QED) is 0.564. The fourth-order valence-corrected chi connectivity index (χ4v) is 0.840. The summed E-state index contributed by atoms with van der Waals surface area (Å²) in [6, 6.07) is -0.0379. The third-order valence-corrected chi connectivity index (χ3v) is 1.39. The molecule has 2 N–H and O–H groups in total. The lowest BCUT2D eigenvalue weighted by Gasteiger charge is -2.11. The maximum atomic E-state index is 5.64. The Balaban J connectivity index is 3.06. The second kappa shape index (κ2) is 8.44. The fourth-order valence-electron chi connectivity index (χ4n) is 0.840. The summed E-state index contributed by atoms with van der Waals surface area (Å²) in [5.41, 5.74) is 5.64. The highest BCUT2D eigenvalue weighted by molar-refractivity contribution is 4.56. The molecule has 0 aliphatic rings. The standard InChI is InChI=1S/C9H21NO3/c1-8(2)13-5-4-12-7-9(10)6-11-3/h8-9H,4-7,10H2,1-3H3. The van der Waals surface area contributed by atoms with Crippen LogP contribution in [-0.4, -0.2) is 45.7 Å². The molecule has 0 aromatic carbocycles. The van der Waals surface area contributed by atoms with E-state index in [1.807, 2.05) is 13.8 Å². The van der Waals surface area contributed by atoms with Gasteiger partial charge in [0, 0.05) is 7.11 Å². The molecule has 0 bridgehead atoms. The summed E-state index contributed by atoms with van der Waals surface area (Å²) in [5.74, 6) is 0. The molecule has 4 heteroatoms. The normalized spacial score (nSPS) is 13.6. The Morgan fingerprint density at radius 1 is 1.15 bits per heavy atom. The van der Waals surface area contributed by atoms with E-state index in [0.29, 0.717) is 26.4 Å². The lowest BCUT2D eigenvalue weighted by Crippen LogP contribution is -2.31. The number of ether oxygens (including phenoxy) is 3. The zero-order valence-corrected chi connectivity index (χ0v) is 8.79. The van der Waals surface area contributed by atoms with E-state index in [4.69, 9.17) is 19.9 Å². The van der Waals surface area contributed by atoms with E-state index in [2.05, 4.69) is 0 Å². The summed E-state index contributed by atoms with van der Waals surface area (Å²) in [7, 11) is 1.63. The molecular formula is C9H21NO3. The van der Waals surface area contributed by atoms with Gasteiger partial charge in [0.05, 0.1) is 38.6 Å². The van der Waals surface area contributed by atoms with Gasteiger partial charge in [-0.2, -0.15) is 0 Å². The second-order valence-electron chi connectivity index (χ2n) is 3.21. The Labute approximate surface area is 80.3 Å². The van der Waals surface area contributed by atoms with Gasteiger partial charge in [0.1, 0.15) is 0 Å². The molecule has 0 amide bonds. The van der Waals surface area contributed by atoms with Gasteiger partial charge in [0.2, 0.25) is 0 Å². The topological polar surface area (TPSA) is 53.7 Å². The summed E-state index contributed by atoms with van der Waals surface area (Å²) < 4.78 is 15.4. The predicted molar refractivity (Wildman–Crippen MR) is 51.8 cm³/mol. The van der Waals surface area contributed by atoms with Crippen LogP contribution in [0.25, 0.3) is 0 Å². The molecule has 0 fully saturated rings. The molecule has 13 heavy (non-hydrogen) atoms. The minimum absolute atomic E-state index is 0.0379. The first-order valence-electron chi connectivity index (χ1n) is 4.60. The highest BCUT2D eigenvalue weighted by Gasteiger charge is 2.01. The van der Waals surface area contributed by atoms with Crippen LogP contribution in [0.2, 0.25) is 0 Å². The SMILES string of the molecule is COCC(N)COCCOC(C)C. The monoisotopic (exact) mass is 191 g/mol. The molecule has 0 rings (SSSR count). The lowest BCUT2D eigenvalue weighted by atomic mass is 10.4. The summed E-state index contributed by atoms with van der Waals surface area (Å²) in [5, 5.41) is 0. The highest BCUT2D eigenvalue weighted by Crippen LogP contribution is 1.88. The van der Waals surface area contributed by atoms with Crippen molar-refractivity contribution in [2.75, 3.05) is 33.5 Å². The minimum Gasteiger partial charge on any atom is -0.383 e. The molecule has 1 atom stereocenters. The van der Waals surface area contributed by atoms with E-state index in [1.165, 1.54) is 0 Å². The molecule has 4 nitrogen and oxygen atoms in total. The molecule has 0 saturated carbocycles. The predicted octanol–water partition coefficient (Wildman–Crippen LogP) is 0.402. The van der Waals surface area contributed by atoms with Crippen molar-refractivity contribution in [1.82, 2.24) is 0 Å². The van der Waals surface area contributed by atoms with E-state index in [1.54, 1.807) is 7.11 Å².